The minimum Gasteiger partial charge on any atom is -0.309 e. The van der Waals surface area contributed by atoms with Crippen molar-refractivity contribution in [2.24, 2.45) is 0 Å². The van der Waals surface area contributed by atoms with Crippen LogP contribution in [0.2, 0.25) is 0 Å². The minimum absolute atomic E-state index is 0.171. The van der Waals surface area contributed by atoms with Gasteiger partial charge in [0.15, 0.2) is 0 Å². The Balaban J connectivity index is 1.52. The SMILES string of the molecule is C[C@@H]1Cc2ccccc2N1C(=O)Cc1ccc(-c2ccccc2)cc1. The number of para-hydroxylation sites is 1. The first-order valence-electron chi connectivity index (χ1n) is 8.77. The summed E-state index contributed by atoms with van der Waals surface area (Å²) >= 11 is 0. The van der Waals surface area contributed by atoms with E-state index in [1.54, 1.807) is 0 Å². The van der Waals surface area contributed by atoms with E-state index in [2.05, 4.69) is 55.5 Å². The number of anilines is 1. The van der Waals surface area contributed by atoms with Crippen molar-refractivity contribution in [1.29, 1.82) is 0 Å². The maximum atomic E-state index is 12.9. The maximum Gasteiger partial charge on any atom is 0.231 e. The molecule has 0 N–H and O–H groups in total. The van der Waals surface area contributed by atoms with Crippen molar-refractivity contribution in [3.05, 3.63) is 90.0 Å². The summed E-state index contributed by atoms with van der Waals surface area (Å²) in [6.07, 6.45) is 1.38. The molecule has 0 fully saturated rings. The average Bonchev–Trinajstić information content (AvgIpc) is 2.99. The Hall–Kier alpha value is -2.87. The van der Waals surface area contributed by atoms with E-state index in [1.807, 2.05) is 35.2 Å². The highest BCUT2D eigenvalue weighted by Gasteiger charge is 2.30. The highest BCUT2D eigenvalue weighted by Crippen LogP contribution is 2.32. The number of benzene rings is 3. The molecule has 0 bridgehead atoms. The second-order valence-electron chi connectivity index (χ2n) is 6.69. The van der Waals surface area contributed by atoms with Crippen molar-refractivity contribution in [1.82, 2.24) is 0 Å². The molecule has 25 heavy (non-hydrogen) atoms. The maximum absolute atomic E-state index is 12.9. The predicted octanol–water partition coefficient (Wildman–Crippen LogP) is 4.87. The molecule has 2 heteroatoms. The highest BCUT2D eigenvalue weighted by atomic mass is 16.2. The highest BCUT2D eigenvalue weighted by molar-refractivity contribution is 5.97. The lowest BCUT2D eigenvalue weighted by atomic mass is 10.0. The molecule has 3 aromatic rings. The number of amides is 1. The van der Waals surface area contributed by atoms with Gasteiger partial charge in [-0.3, -0.25) is 4.79 Å². The number of carbonyl (C=O) groups excluding carboxylic acids is 1. The Morgan fingerprint density at radius 3 is 2.28 bits per heavy atom. The molecule has 0 radical (unpaired) electrons. The van der Waals surface area contributed by atoms with Crippen LogP contribution < -0.4 is 4.90 Å². The van der Waals surface area contributed by atoms with Gasteiger partial charge >= 0.3 is 0 Å². The average molecular weight is 327 g/mol. The zero-order valence-electron chi connectivity index (χ0n) is 14.4. The number of rotatable bonds is 3. The van der Waals surface area contributed by atoms with Crippen LogP contribution in [-0.4, -0.2) is 11.9 Å². The van der Waals surface area contributed by atoms with E-state index in [4.69, 9.17) is 0 Å². The molecule has 0 unspecified atom stereocenters. The number of hydrogen-bond donors (Lipinski definition) is 0. The molecule has 1 heterocycles. The lowest BCUT2D eigenvalue weighted by Crippen LogP contribution is -2.36. The molecule has 0 saturated heterocycles. The molecule has 1 amide bonds. The lowest BCUT2D eigenvalue weighted by Gasteiger charge is -2.23. The van der Waals surface area contributed by atoms with Crippen LogP contribution in [0.5, 0.6) is 0 Å². The van der Waals surface area contributed by atoms with Crippen LogP contribution in [0.25, 0.3) is 11.1 Å². The third-order valence-corrected chi connectivity index (χ3v) is 4.89. The molecular weight excluding hydrogens is 306 g/mol. The Morgan fingerprint density at radius 2 is 1.52 bits per heavy atom. The van der Waals surface area contributed by atoms with Crippen molar-refractivity contribution in [3.8, 4) is 11.1 Å². The molecule has 124 valence electrons. The number of hydrogen-bond acceptors (Lipinski definition) is 1. The van der Waals surface area contributed by atoms with Crippen molar-refractivity contribution < 1.29 is 4.79 Å². The molecule has 1 aliphatic heterocycles. The third kappa shape index (κ3) is 3.08. The number of fused-ring (bicyclic) bond motifs is 1. The summed E-state index contributed by atoms with van der Waals surface area (Å²) in [5, 5.41) is 0. The van der Waals surface area contributed by atoms with Crippen LogP contribution in [0.1, 0.15) is 18.1 Å². The summed E-state index contributed by atoms with van der Waals surface area (Å²) in [6.45, 7) is 2.12. The summed E-state index contributed by atoms with van der Waals surface area (Å²) in [5.41, 5.74) is 5.77. The van der Waals surface area contributed by atoms with Crippen molar-refractivity contribution in [2.45, 2.75) is 25.8 Å². The van der Waals surface area contributed by atoms with Gasteiger partial charge in [0.1, 0.15) is 0 Å². The van der Waals surface area contributed by atoms with Crippen LogP contribution in [0.3, 0.4) is 0 Å². The van der Waals surface area contributed by atoms with Gasteiger partial charge in [0.25, 0.3) is 0 Å². The minimum atomic E-state index is 0.171. The van der Waals surface area contributed by atoms with E-state index in [-0.39, 0.29) is 11.9 Å². The Labute approximate surface area is 148 Å². The molecule has 0 aromatic heterocycles. The van der Waals surface area contributed by atoms with Crippen LogP contribution in [0.15, 0.2) is 78.9 Å². The Bertz CT molecular complexity index is 883. The van der Waals surface area contributed by atoms with Gasteiger partial charge in [0.05, 0.1) is 6.42 Å². The summed E-state index contributed by atoms with van der Waals surface area (Å²) < 4.78 is 0. The molecule has 0 aliphatic carbocycles. The predicted molar refractivity (Wildman–Crippen MR) is 103 cm³/mol. The van der Waals surface area contributed by atoms with E-state index in [9.17, 15) is 4.79 Å². The quantitative estimate of drug-likeness (QED) is 0.672. The summed E-state index contributed by atoms with van der Waals surface area (Å²) in [4.78, 5) is 14.8. The Morgan fingerprint density at radius 1 is 0.880 bits per heavy atom. The van der Waals surface area contributed by atoms with Gasteiger partial charge in [0.2, 0.25) is 5.91 Å². The van der Waals surface area contributed by atoms with Crippen molar-refractivity contribution in [3.63, 3.8) is 0 Å². The molecular formula is C23H21NO. The van der Waals surface area contributed by atoms with E-state index >= 15 is 0 Å². The standard InChI is InChI=1S/C23H21NO/c1-17-15-21-9-5-6-10-22(21)24(17)23(25)16-18-11-13-20(14-12-18)19-7-3-2-4-8-19/h2-14,17H,15-16H2,1H3/t17-/m1/s1. The molecule has 1 atom stereocenters. The van der Waals surface area contributed by atoms with Crippen molar-refractivity contribution >= 4 is 11.6 Å². The van der Waals surface area contributed by atoms with Crippen LogP contribution in [0.4, 0.5) is 5.69 Å². The zero-order chi connectivity index (χ0) is 17.2. The smallest absolute Gasteiger partial charge is 0.231 e. The summed E-state index contributed by atoms with van der Waals surface area (Å²) in [6, 6.07) is 27.1. The zero-order valence-corrected chi connectivity index (χ0v) is 14.4. The summed E-state index contributed by atoms with van der Waals surface area (Å²) in [7, 11) is 0. The van der Waals surface area contributed by atoms with Gasteiger partial charge < -0.3 is 4.90 Å². The van der Waals surface area contributed by atoms with Gasteiger partial charge in [0, 0.05) is 11.7 Å². The number of carbonyl (C=O) groups is 1. The van der Waals surface area contributed by atoms with E-state index in [1.165, 1.54) is 16.7 Å². The largest absolute Gasteiger partial charge is 0.309 e. The van der Waals surface area contributed by atoms with Gasteiger partial charge in [-0.25, -0.2) is 0 Å². The second-order valence-corrected chi connectivity index (χ2v) is 6.69. The third-order valence-electron chi connectivity index (χ3n) is 4.89. The molecule has 3 aromatic carbocycles. The van der Waals surface area contributed by atoms with Gasteiger partial charge in [-0.05, 0) is 41.7 Å². The van der Waals surface area contributed by atoms with E-state index in [0.29, 0.717) is 6.42 Å². The fourth-order valence-corrected chi connectivity index (χ4v) is 3.65. The molecule has 2 nitrogen and oxygen atoms in total. The van der Waals surface area contributed by atoms with Crippen LogP contribution >= 0.6 is 0 Å². The molecule has 1 aliphatic rings. The van der Waals surface area contributed by atoms with Crippen LogP contribution in [0, 0.1) is 0 Å². The normalized spacial score (nSPS) is 15.9. The first-order valence-corrected chi connectivity index (χ1v) is 8.77. The summed E-state index contributed by atoms with van der Waals surface area (Å²) in [5.74, 6) is 0.171. The van der Waals surface area contributed by atoms with E-state index < -0.39 is 0 Å². The monoisotopic (exact) mass is 327 g/mol. The van der Waals surface area contributed by atoms with Gasteiger partial charge in [-0.2, -0.15) is 0 Å². The number of nitrogens with zero attached hydrogens (tertiary/aromatic N) is 1. The topological polar surface area (TPSA) is 20.3 Å². The fraction of sp³-hybridized carbons (Fsp3) is 0.174. The van der Waals surface area contributed by atoms with E-state index in [0.717, 1.165) is 17.7 Å². The molecule has 0 saturated carbocycles. The first kappa shape index (κ1) is 15.6. The molecule has 0 spiro atoms. The van der Waals surface area contributed by atoms with Gasteiger partial charge in [-0.15, -0.1) is 0 Å². The molecule has 4 rings (SSSR count). The van der Waals surface area contributed by atoms with Gasteiger partial charge in [-0.1, -0.05) is 72.8 Å². The first-order chi connectivity index (χ1) is 12.2. The Kier molecular flexibility index (Phi) is 4.10. The second kappa shape index (κ2) is 6.56. The fourth-order valence-electron chi connectivity index (χ4n) is 3.65. The van der Waals surface area contributed by atoms with Crippen molar-refractivity contribution in [2.75, 3.05) is 4.90 Å². The lowest BCUT2D eigenvalue weighted by molar-refractivity contribution is -0.118. The van der Waals surface area contributed by atoms with Crippen LogP contribution in [-0.2, 0) is 17.6 Å².